The van der Waals surface area contributed by atoms with E-state index in [0.29, 0.717) is 62.2 Å². The van der Waals surface area contributed by atoms with Crippen LogP contribution in [-0.4, -0.2) is 81.2 Å². The molecular weight excluding hydrogens is 408 g/mol. The third-order valence-corrected chi connectivity index (χ3v) is 6.88. The average molecular weight is 439 g/mol. The van der Waals surface area contributed by atoms with Crippen LogP contribution in [-0.2, 0) is 17.6 Å². The minimum absolute atomic E-state index is 0.00253. The predicted molar refractivity (Wildman–Crippen MR) is 117 cm³/mol. The molecule has 1 atom stereocenters. The number of nitrogens with zero attached hydrogens (tertiary/aromatic N) is 5. The number of aromatic nitrogens is 4. The summed E-state index contributed by atoms with van der Waals surface area (Å²) in [5.74, 6) is 0.738. The largest absolute Gasteiger partial charge is 0.378 e. The summed E-state index contributed by atoms with van der Waals surface area (Å²) in [7, 11) is 0. The minimum atomic E-state index is -0.0419. The van der Waals surface area contributed by atoms with Gasteiger partial charge in [0.1, 0.15) is 5.82 Å². The number of aromatic amines is 1. The van der Waals surface area contributed by atoms with Crippen molar-refractivity contribution in [1.29, 1.82) is 0 Å². The second kappa shape index (κ2) is 8.97. The molecule has 3 aliphatic rings. The first-order valence-electron chi connectivity index (χ1n) is 11.7. The lowest BCUT2D eigenvalue weighted by molar-refractivity contribution is 0.0301. The number of ether oxygens (including phenoxy) is 1. The maximum absolute atomic E-state index is 13.2. The van der Waals surface area contributed by atoms with Gasteiger partial charge in [0.25, 0.3) is 11.8 Å². The summed E-state index contributed by atoms with van der Waals surface area (Å²) < 4.78 is 5.33. The number of aryl methyl sites for hydroxylation is 2. The highest BCUT2D eigenvalue weighted by Crippen LogP contribution is 2.28. The van der Waals surface area contributed by atoms with E-state index in [0.717, 1.165) is 43.4 Å². The third-order valence-electron chi connectivity index (χ3n) is 6.88. The van der Waals surface area contributed by atoms with Gasteiger partial charge in [-0.15, -0.1) is 0 Å². The van der Waals surface area contributed by atoms with Crippen molar-refractivity contribution < 1.29 is 14.3 Å². The number of fused-ring (bicyclic) bond motifs is 1. The summed E-state index contributed by atoms with van der Waals surface area (Å²) in [5, 5.41) is 7.47. The smallest absolute Gasteiger partial charge is 0.274 e. The number of hydrogen-bond donors (Lipinski definition) is 1. The number of likely N-dealkylation sites (tertiary alicyclic amines) is 1. The molecule has 2 amide bonds. The van der Waals surface area contributed by atoms with Crippen molar-refractivity contribution in [2.75, 3.05) is 39.4 Å². The summed E-state index contributed by atoms with van der Waals surface area (Å²) >= 11 is 0. The average Bonchev–Trinajstić information content (AvgIpc) is 3.41. The van der Waals surface area contributed by atoms with Crippen molar-refractivity contribution in [2.24, 2.45) is 0 Å². The van der Waals surface area contributed by atoms with Crippen molar-refractivity contribution in [3.8, 4) is 0 Å². The van der Waals surface area contributed by atoms with E-state index in [9.17, 15) is 9.59 Å². The lowest BCUT2D eigenvalue weighted by Crippen LogP contribution is -2.41. The Labute approximate surface area is 187 Å². The lowest BCUT2D eigenvalue weighted by atomic mass is 10.1. The molecule has 1 N–H and O–H groups in total. The van der Waals surface area contributed by atoms with Crippen LogP contribution in [0.5, 0.6) is 0 Å². The van der Waals surface area contributed by atoms with E-state index in [1.54, 1.807) is 11.1 Å². The van der Waals surface area contributed by atoms with Crippen LogP contribution in [0.1, 0.15) is 75.2 Å². The van der Waals surface area contributed by atoms with Crippen LogP contribution >= 0.6 is 0 Å². The van der Waals surface area contributed by atoms with E-state index < -0.39 is 0 Å². The SMILES string of the molecule is Cc1nc([C@H]2CCN(C(=O)c3n[nH]c4c3CCCCC4)C2)ncc1C(=O)N1CCOCC1. The first-order chi connectivity index (χ1) is 15.6. The molecule has 1 aliphatic carbocycles. The summed E-state index contributed by atoms with van der Waals surface area (Å²) in [6, 6.07) is 0. The first kappa shape index (κ1) is 21.1. The van der Waals surface area contributed by atoms with Gasteiger partial charge in [0, 0.05) is 49.6 Å². The lowest BCUT2D eigenvalue weighted by Gasteiger charge is -2.27. The molecule has 0 unspecified atom stereocenters. The maximum Gasteiger partial charge on any atom is 0.274 e. The van der Waals surface area contributed by atoms with Gasteiger partial charge in [-0.3, -0.25) is 14.7 Å². The van der Waals surface area contributed by atoms with Crippen LogP contribution in [0.15, 0.2) is 6.20 Å². The van der Waals surface area contributed by atoms with E-state index in [2.05, 4.69) is 20.2 Å². The third kappa shape index (κ3) is 4.01. The number of H-pyrrole nitrogens is 1. The van der Waals surface area contributed by atoms with Gasteiger partial charge in [-0.05, 0) is 39.0 Å². The number of nitrogens with one attached hydrogen (secondary N) is 1. The van der Waals surface area contributed by atoms with Crippen molar-refractivity contribution in [1.82, 2.24) is 30.0 Å². The fraction of sp³-hybridized carbons (Fsp3) is 0.609. The van der Waals surface area contributed by atoms with Crippen molar-refractivity contribution in [3.05, 3.63) is 40.2 Å². The molecule has 170 valence electrons. The summed E-state index contributed by atoms with van der Waals surface area (Å²) in [5.41, 5.74) is 4.05. The van der Waals surface area contributed by atoms with Gasteiger partial charge in [-0.1, -0.05) is 6.42 Å². The van der Waals surface area contributed by atoms with Gasteiger partial charge in [-0.25, -0.2) is 9.97 Å². The van der Waals surface area contributed by atoms with Crippen molar-refractivity contribution >= 4 is 11.8 Å². The van der Waals surface area contributed by atoms with Crippen LogP contribution in [0.4, 0.5) is 0 Å². The van der Waals surface area contributed by atoms with E-state index in [4.69, 9.17) is 4.74 Å². The molecule has 0 aromatic carbocycles. The van der Waals surface area contributed by atoms with E-state index >= 15 is 0 Å². The highest BCUT2D eigenvalue weighted by atomic mass is 16.5. The van der Waals surface area contributed by atoms with Gasteiger partial charge in [-0.2, -0.15) is 5.10 Å². The molecule has 32 heavy (non-hydrogen) atoms. The minimum Gasteiger partial charge on any atom is -0.378 e. The molecule has 0 radical (unpaired) electrons. The molecule has 2 fully saturated rings. The quantitative estimate of drug-likeness (QED) is 0.734. The van der Waals surface area contributed by atoms with Gasteiger partial charge in [0.15, 0.2) is 5.69 Å². The molecule has 0 saturated carbocycles. The second-order valence-electron chi connectivity index (χ2n) is 8.96. The van der Waals surface area contributed by atoms with Gasteiger partial charge >= 0.3 is 0 Å². The highest BCUT2D eigenvalue weighted by molar-refractivity contribution is 5.95. The molecule has 0 bridgehead atoms. The van der Waals surface area contributed by atoms with E-state index in [1.807, 2.05) is 11.8 Å². The second-order valence-corrected chi connectivity index (χ2v) is 8.96. The Hall–Kier alpha value is -2.81. The van der Waals surface area contributed by atoms with Crippen LogP contribution in [0.2, 0.25) is 0 Å². The molecule has 2 saturated heterocycles. The van der Waals surface area contributed by atoms with Crippen molar-refractivity contribution in [2.45, 2.75) is 51.4 Å². The van der Waals surface area contributed by atoms with Gasteiger partial charge in [0.2, 0.25) is 0 Å². The number of hydrogen-bond acceptors (Lipinski definition) is 6. The predicted octanol–water partition coefficient (Wildman–Crippen LogP) is 1.88. The van der Waals surface area contributed by atoms with Gasteiger partial charge in [0.05, 0.1) is 24.5 Å². The molecule has 0 spiro atoms. The number of morpholine rings is 1. The summed E-state index contributed by atoms with van der Waals surface area (Å²) in [6.07, 6.45) is 7.81. The van der Waals surface area contributed by atoms with Crippen LogP contribution in [0.25, 0.3) is 0 Å². The maximum atomic E-state index is 13.2. The zero-order valence-corrected chi connectivity index (χ0v) is 18.6. The Morgan fingerprint density at radius 3 is 2.69 bits per heavy atom. The van der Waals surface area contributed by atoms with E-state index in [1.165, 1.54) is 6.42 Å². The molecule has 4 heterocycles. The Balaban J connectivity index is 1.27. The molecule has 2 aromatic heterocycles. The standard InChI is InChI=1S/C23H30N6O3/c1-15-18(22(30)28-9-11-32-12-10-28)13-24-21(25-15)16-7-8-29(14-16)23(31)20-17-5-3-2-4-6-19(17)26-27-20/h13,16H,2-12,14H2,1H3,(H,26,27)/t16-/m0/s1. The number of amides is 2. The van der Waals surface area contributed by atoms with Gasteiger partial charge < -0.3 is 14.5 Å². The number of carbonyl (C=O) groups excluding carboxylic acids is 2. The fourth-order valence-corrected chi connectivity index (χ4v) is 4.97. The van der Waals surface area contributed by atoms with E-state index in [-0.39, 0.29) is 17.7 Å². The Morgan fingerprint density at radius 2 is 1.88 bits per heavy atom. The summed E-state index contributed by atoms with van der Waals surface area (Å²) in [6.45, 7) is 5.42. The topological polar surface area (TPSA) is 104 Å². The molecule has 5 rings (SSSR count). The van der Waals surface area contributed by atoms with Crippen LogP contribution in [0, 0.1) is 6.92 Å². The first-order valence-corrected chi connectivity index (χ1v) is 11.7. The molecule has 9 heteroatoms. The van der Waals surface area contributed by atoms with Crippen molar-refractivity contribution in [3.63, 3.8) is 0 Å². The Morgan fingerprint density at radius 1 is 1.06 bits per heavy atom. The monoisotopic (exact) mass is 438 g/mol. The molecule has 9 nitrogen and oxygen atoms in total. The molecule has 2 aromatic rings. The zero-order chi connectivity index (χ0) is 22.1. The fourth-order valence-electron chi connectivity index (χ4n) is 4.97. The number of carbonyl (C=O) groups is 2. The Bertz CT molecular complexity index is 1010. The van der Waals surface area contributed by atoms with Crippen LogP contribution in [0.3, 0.4) is 0 Å². The number of rotatable bonds is 3. The molecular formula is C23H30N6O3. The molecule has 2 aliphatic heterocycles. The normalized spacial score (nSPS) is 21.3. The zero-order valence-electron chi connectivity index (χ0n) is 18.6. The highest BCUT2D eigenvalue weighted by Gasteiger charge is 2.33. The Kier molecular flexibility index (Phi) is 5.91. The summed E-state index contributed by atoms with van der Waals surface area (Å²) in [4.78, 5) is 38.8. The van der Waals surface area contributed by atoms with Crippen LogP contribution < -0.4 is 0 Å².